The number of aliphatic hydroxyl groups is 1. The van der Waals surface area contributed by atoms with Crippen molar-refractivity contribution >= 4 is 100 Å². The molecule has 4 heterocycles. The number of carbonyl (C=O) groups is 2. The Morgan fingerprint density at radius 2 is 1.20 bits per heavy atom. The molecule has 11 N–H and O–H groups in total. The molecule has 2 fully saturated rings. The fourth-order valence-corrected chi connectivity index (χ4v) is 10.0. The maximum absolute atomic E-state index is 13.2. The molecule has 1 amide bonds. The van der Waals surface area contributed by atoms with Gasteiger partial charge in [-0.05, 0) is 49.9 Å². The lowest BCUT2D eigenvalue weighted by Crippen LogP contribution is -2.46. The molecule has 2 aromatic carbocycles. The number of aliphatic imine (C=N–C) groups is 2. The lowest BCUT2D eigenvalue weighted by Gasteiger charge is -2.23. The number of carboxylic acid groups (broad SMARTS) is 1. The van der Waals surface area contributed by atoms with Gasteiger partial charge in [0.2, 0.25) is 26.0 Å². The summed E-state index contributed by atoms with van der Waals surface area (Å²) in [5.74, 6) is -1.81. The minimum Gasteiger partial charge on any atom is -0.480 e. The van der Waals surface area contributed by atoms with Gasteiger partial charge in [-0.15, -0.1) is 0 Å². The molecule has 19 nitrogen and oxygen atoms in total. The summed E-state index contributed by atoms with van der Waals surface area (Å²) >= 11 is 12.3. The summed E-state index contributed by atoms with van der Waals surface area (Å²) in [4.78, 5) is 39.5. The minimum atomic E-state index is -4.01. The number of nitrogens with zero attached hydrogens (tertiary/aromatic N) is 6. The largest absolute Gasteiger partial charge is 0.480 e. The summed E-state index contributed by atoms with van der Waals surface area (Å²) in [7, 11) is -7.99. The van der Waals surface area contributed by atoms with Crippen LogP contribution in [-0.2, 0) is 29.6 Å². The number of nitrogens with two attached hydrogens (primary N) is 4. The van der Waals surface area contributed by atoms with Crippen molar-refractivity contribution in [3.05, 3.63) is 58.8 Å². The summed E-state index contributed by atoms with van der Waals surface area (Å²) in [6, 6.07) is 6.69. The van der Waals surface area contributed by atoms with E-state index in [9.17, 15) is 31.5 Å². The Balaban J connectivity index is 0.000000212. The Bertz CT molecular complexity index is 2430. The molecule has 23 heteroatoms. The van der Waals surface area contributed by atoms with Gasteiger partial charge in [-0.1, -0.05) is 35.3 Å². The van der Waals surface area contributed by atoms with Crippen LogP contribution in [0.4, 0.5) is 11.6 Å². The molecular formula is C32H37Cl2N11O8S2. The van der Waals surface area contributed by atoms with E-state index in [0.29, 0.717) is 50.9 Å². The number of nitrogens with one attached hydrogen (secondary N) is 1. The third-order valence-corrected chi connectivity index (χ3v) is 13.1. The Hall–Kier alpha value is -4.90. The average Bonchev–Trinajstić information content (AvgIpc) is 3.85. The number of hydrogen-bond donors (Lipinski definition) is 7. The summed E-state index contributed by atoms with van der Waals surface area (Å²) in [5, 5.41) is 23.1. The average molecular weight is 839 g/mol. The van der Waals surface area contributed by atoms with Crippen molar-refractivity contribution in [3.63, 3.8) is 0 Å². The molecule has 0 aliphatic carbocycles. The van der Waals surface area contributed by atoms with Crippen molar-refractivity contribution in [2.45, 2.75) is 47.6 Å². The Morgan fingerprint density at radius 1 is 0.764 bits per heavy atom. The summed E-state index contributed by atoms with van der Waals surface area (Å²) in [6.45, 7) is 0.195. The van der Waals surface area contributed by atoms with Crippen molar-refractivity contribution in [2.75, 3.05) is 26.2 Å². The van der Waals surface area contributed by atoms with Gasteiger partial charge in [-0.3, -0.25) is 9.59 Å². The molecule has 2 aromatic heterocycles. The van der Waals surface area contributed by atoms with Crippen LogP contribution in [0.1, 0.15) is 25.7 Å². The first-order valence-electron chi connectivity index (χ1n) is 16.5. The molecule has 0 spiro atoms. The van der Waals surface area contributed by atoms with E-state index in [-0.39, 0.29) is 66.0 Å². The number of benzene rings is 2. The zero-order valence-electron chi connectivity index (χ0n) is 28.8. The molecule has 2 saturated heterocycles. The summed E-state index contributed by atoms with van der Waals surface area (Å²) in [6.07, 6.45) is 4.45. The molecule has 2 aliphatic heterocycles. The number of amides is 1. The molecule has 55 heavy (non-hydrogen) atoms. The molecule has 6 rings (SSSR count). The van der Waals surface area contributed by atoms with Crippen LogP contribution in [0.15, 0.2) is 68.6 Å². The van der Waals surface area contributed by atoms with Gasteiger partial charge in [0.05, 0.1) is 26.4 Å². The lowest BCUT2D eigenvalue weighted by molar-refractivity contribution is -0.140. The van der Waals surface area contributed by atoms with Gasteiger partial charge in [0.15, 0.2) is 23.6 Å². The number of sulfonamides is 2. The van der Waals surface area contributed by atoms with Crippen LogP contribution < -0.4 is 28.3 Å². The number of halogens is 2. The van der Waals surface area contributed by atoms with Gasteiger partial charge in [0.25, 0.3) is 0 Å². The third kappa shape index (κ3) is 8.82. The van der Waals surface area contributed by atoms with Gasteiger partial charge in [0, 0.05) is 53.6 Å². The zero-order valence-corrected chi connectivity index (χ0v) is 32.0. The zero-order chi connectivity index (χ0) is 40.2. The highest BCUT2D eigenvalue weighted by molar-refractivity contribution is 7.89. The van der Waals surface area contributed by atoms with E-state index >= 15 is 0 Å². The number of aliphatic hydroxyl groups excluding tert-OH is 1. The van der Waals surface area contributed by atoms with E-state index in [1.807, 2.05) is 0 Å². The third-order valence-electron chi connectivity index (χ3n) is 8.67. The normalized spacial score (nSPS) is 17.7. The molecule has 2 atom stereocenters. The number of pyridine rings is 2. The predicted molar refractivity (Wildman–Crippen MR) is 206 cm³/mol. The molecule has 0 radical (unpaired) electrons. The van der Waals surface area contributed by atoms with Crippen molar-refractivity contribution in [1.82, 2.24) is 23.9 Å². The quantitative estimate of drug-likeness (QED) is 0.0869. The monoisotopic (exact) mass is 837 g/mol. The van der Waals surface area contributed by atoms with E-state index in [2.05, 4.69) is 25.3 Å². The van der Waals surface area contributed by atoms with E-state index in [4.69, 9.17) is 51.2 Å². The fraction of sp³-hybridized carbons (Fsp3) is 0.312. The van der Waals surface area contributed by atoms with Crippen LogP contribution in [0, 0.1) is 0 Å². The van der Waals surface area contributed by atoms with Gasteiger partial charge < -0.3 is 38.5 Å². The van der Waals surface area contributed by atoms with E-state index in [0.717, 1.165) is 4.31 Å². The van der Waals surface area contributed by atoms with Crippen molar-refractivity contribution in [1.29, 1.82) is 0 Å². The second-order valence-corrected chi connectivity index (χ2v) is 16.8. The van der Waals surface area contributed by atoms with E-state index < -0.39 is 44.0 Å². The van der Waals surface area contributed by atoms with Crippen molar-refractivity contribution in [3.8, 4) is 0 Å². The Morgan fingerprint density at radius 3 is 1.62 bits per heavy atom. The highest BCUT2D eigenvalue weighted by atomic mass is 35.5. The maximum atomic E-state index is 13.2. The smallest absolute Gasteiger partial charge is 0.322 e. The molecule has 294 valence electrons. The van der Waals surface area contributed by atoms with Crippen LogP contribution >= 0.6 is 23.2 Å². The number of carboxylic acids is 1. The lowest BCUT2D eigenvalue weighted by atomic mass is 10.1. The first-order valence-corrected chi connectivity index (χ1v) is 20.1. The second kappa shape index (κ2) is 16.9. The number of hydrogen-bond acceptors (Lipinski definition) is 11. The Labute approximate surface area is 325 Å². The van der Waals surface area contributed by atoms with Gasteiger partial charge >= 0.3 is 5.97 Å². The van der Waals surface area contributed by atoms with Crippen LogP contribution in [-0.4, -0.2) is 108 Å². The van der Waals surface area contributed by atoms with Gasteiger partial charge in [0.1, 0.15) is 12.1 Å². The molecule has 4 aromatic rings. The van der Waals surface area contributed by atoms with Gasteiger partial charge in [-0.25, -0.2) is 26.8 Å². The first kappa shape index (κ1) is 41.3. The number of rotatable bonds is 10. The summed E-state index contributed by atoms with van der Waals surface area (Å²) in [5.41, 5.74) is 21.7. The maximum Gasteiger partial charge on any atom is 0.322 e. The fourth-order valence-electron chi connectivity index (χ4n) is 6.22. The number of aliphatic carboxylic acids is 1. The van der Waals surface area contributed by atoms with Crippen molar-refractivity contribution in [2.24, 2.45) is 32.9 Å². The summed E-state index contributed by atoms with van der Waals surface area (Å²) < 4.78 is 54.5. The topological polar surface area (TPSA) is 316 Å². The number of carbonyl (C=O) groups excluding carboxylic acids is 1. The highest BCUT2D eigenvalue weighted by Crippen LogP contribution is 2.35. The highest BCUT2D eigenvalue weighted by Gasteiger charge is 2.40. The molecule has 2 aliphatic rings. The first-order chi connectivity index (χ1) is 26.0. The van der Waals surface area contributed by atoms with Crippen molar-refractivity contribution < 1.29 is 36.6 Å². The number of fused-ring (bicyclic) bond motifs is 2. The van der Waals surface area contributed by atoms with E-state index in [1.165, 1.54) is 47.0 Å². The van der Waals surface area contributed by atoms with Crippen LogP contribution in [0.2, 0.25) is 10.0 Å². The minimum absolute atomic E-state index is 0.0250. The van der Waals surface area contributed by atoms with E-state index in [1.54, 1.807) is 6.07 Å². The predicted octanol–water partition coefficient (Wildman–Crippen LogP) is 1.09. The molecular weight excluding hydrogens is 801 g/mol. The van der Waals surface area contributed by atoms with Crippen LogP contribution in [0.5, 0.6) is 0 Å². The molecule has 0 unspecified atom stereocenters. The van der Waals surface area contributed by atoms with Crippen LogP contribution in [0.3, 0.4) is 0 Å². The standard InChI is InChI=1S/C17H21ClN6O4S.C15H16ClN5O4S/c18-13-9-22-15(23-17(19)20)12-8-10(3-4-11(12)13)29(27,28)24-6-1-2-14(24)16(26)21-5-7-25;16-11-7-19-13(20-15(17)18)10-6-8(3-4-9(10)11)26(24,25)21-5-1-2-12(21)14(22)23/h3-4,8-9,14,25H,1-2,5-7H2,(H,21,26)(H4,19,20,22,23);3-4,6-7,12H,1-2,5H2,(H,22,23)(H4,17,18,19,20)/t14-;12-/m11/s1. The van der Waals surface area contributed by atoms with Crippen LogP contribution in [0.25, 0.3) is 21.5 Å². The molecule has 0 bridgehead atoms. The Kier molecular flexibility index (Phi) is 12.6. The molecule has 0 saturated carbocycles. The second-order valence-electron chi connectivity index (χ2n) is 12.2. The SMILES string of the molecule is NC(N)=Nc1ncc(Cl)c2ccc(S(=O)(=O)N3CCC[C@@H]3C(=O)NCCO)cc12.NC(N)=Nc1ncc(Cl)c2ccc(S(=O)(=O)N3CCC[C@@H]3C(=O)O)cc12. The number of aromatic nitrogens is 2. The van der Waals surface area contributed by atoms with Gasteiger partial charge in [-0.2, -0.15) is 18.6 Å². The number of guanidine groups is 2.